The van der Waals surface area contributed by atoms with Crippen LogP contribution in [0.15, 0.2) is 18.2 Å². The number of benzene rings is 1. The number of hydrogen-bond donors (Lipinski definition) is 1. The third-order valence-corrected chi connectivity index (χ3v) is 3.09. The maximum absolute atomic E-state index is 13.6. The first-order chi connectivity index (χ1) is 8.09. The van der Waals surface area contributed by atoms with E-state index < -0.39 is 17.7 Å². The van der Waals surface area contributed by atoms with Crippen molar-refractivity contribution in [1.29, 1.82) is 0 Å². The lowest BCUT2D eigenvalue weighted by Crippen LogP contribution is -2.43. The van der Waals surface area contributed by atoms with Gasteiger partial charge in [-0.1, -0.05) is 26.0 Å². The van der Waals surface area contributed by atoms with Crippen molar-refractivity contribution < 1.29 is 13.5 Å². The molecule has 94 valence electrons. The first-order valence-corrected chi connectivity index (χ1v) is 5.89. The van der Waals surface area contributed by atoms with Crippen molar-refractivity contribution in [3.8, 4) is 0 Å². The van der Waals surface area contributed by atoms with Crippen LogP contribution in [0.25, 0.3) is 0 Å². The van der Waals surface area contributed by atoms with E-state index in [1.165, 1.54) is 6.07 Å². The second kappa shape index (κ2) is 5.10. The van der Waals surface area contributed by atoms with Gasteiger partial charge in [-0.15, -0.1) is 0 Å². The predicted molar refractivity (Wildman–Crippen MR) is 61.7 cm³/mol. The van der Waals surface area contributed by atoms with E-state index in [2.05, 4.69) is 19.2 Å². The van der Waals surface area contributed by atoms with E-state index in [0.717, 1.165) is 12.6 Å². The number of morpholine rings is 1. The minimum atomic E-state index is -0.822. The van der Waals surface area contributed by atoms with Crippen molar-refractivity contribution in [2.45, 2.75) is 26.1 Å². The van der Waals surface area contributed by atoms with E-state index in [1.54, 1.807) is 6.07 Å². The van der Waals surface area contributed by atoms with Crippen LogP contribution >= 0.6 is 0 Å². The molecule has 1 heterocycles. The van der Waals surface area contributed by atoms with E-state index in [9.17, 15) is 8.78 Å². The molecule has 4 heteroatoms. The van der Waals surface area contributed by atoms with E-state index in [4.69, 9.17) is 4.74 Å². The highest BCUT2D eigenvalue weighted by atomic mass is 19.2. The summed E-state index contributed by atoms with van der Waals surface area (Å²) in [5, 5.41) is 3.20. The van der Waals surface area contributed by atoms with Crippen LogP contribution in [-0.4, -0.2) is 19.2 Å². The third-order valence-electron chi connectivity index (χ3n) is 3.09. The van der Waals surface area contributed by atoms with Gasteiger partial charge in [0.25, 0.3) is 0 Å². The van der Waals surface area contributed by atoms with Crippen molar-refractivity contribution in [3.05, 3.63) is 35.4 Å². The molecular formula is C13H17F2NO. The standard InChI is InChI=1S/C13H17F2NO/c1-8(2)11-6-16-7-12(17-11)9-4-3-5-10(14)13(9)15/h3-5,8,11-12,16H,6-7H2,1-2H3. The van der Waals surface area contributed by atoms with Crippen LogP contribution in [0.2, 0.25) is 0 Å². The minimum absolute atomic E-state index is 0.0383. The largest absolute Gasteiger partial charge is 0.367 e. The van der Waals surface area contributed by atoms with Crippen LogP contribution in [0, 0.1) is 17.6 Å². The second-order valence-electron chi connectivity index (χ2n) is 4.71. The first kappa shape index (κ1) is 12.5. The fourth-order valence-electron chi connectivity index (χ4n) is 2.01. The molecule has 0 aliphatic carbocycles. The van der Waals surface area contributed by atoms with Gasteiger partial charge in [-0.25, -0.2) is 8.78 Å². The maximum atomic E-state index is 13.6. The molecule has 2 nitrogen and oxygen atoms in total. The molecule has 1 aromatic rings. The van der Waals surface area contributed by atoms with E-state index in [1.807, 2.05) is 0 Å². The smallest absolute Gasteiger partial charge is 0.164 e. The summed E-state index contributed by atoms with van der Waals surface area (Å²) in [5.74, 6) is -1.27. The lowest BCUT2D eigenvalue weighted by molar-refractivity contribution is -0.0618. The molecule has 2 unspecified atom stereocenters. The van der Waals surface area contributed by atoms with E-state index in [0.29, 0.717) is 18.0 Å². The first-order valence-electron chi connectivity index (χ1n) is 5.89. The fourth-order valence-corrected chi connectivity index (χ4v) is 2.01. The Morgan fingerprint density at radius 3 is 2.76 bits per heavy atom. The van der Waals surface area contributed by atoms with Crippen molar-refractivity contribution >= 4 is 0 Å². The summed E-state index contributed by atoms with van der Waals surface area (Å²) in [6, 6.07) is 4.21. The Hall–Kier alpha value is -1.00. The zero-order valence-electron chi connectivity index (χ0n) is 10.0. The number of halogens is 2. The Balaban J connectivity index is 2.19. The van der Waals surface area contributed by atoms with Gasteiger partial charge in [-0.05, 0) is 12.0 Å². The molecule has 1 aromatic carbocycles. The average Bonchev–Trinajstić information content (AvgIpc) is 2.33. The second-order valence-corrected chi connectivity index (χ2v) is 4.71. The molecule has 1 saturated heterocycles. The van der Waals surface area contributed by atoms with Crippen molar-refractivity contribution in [2.75, 3.05) is 13.1 Å². The van der Waals surface area contributed by atoms with Gasteiger partial charge < -0.3 is 10.1 Å². The topological polar surface area (TPSA) is 21.3 Å². The van der Waals surface area contributed by atoms with Gasteiger partial charge >= 0.3 is 0 Å². The van der Waals surface area contributed by atoms with Crippen LogP contribution in [-0.2, 0) is 4.74 Å². The van der Waals surface area contributed by atoms with Crippen LogP contribution in [0.3, 0.4) is 0 Å². The fraction of sp³-hybridized carbons (Fsp3) is 0.538. The molecule has 1 aliphatic heterocycles. The van der Waals surface area contributed by atoms with Crippen molar-refractivity contribution in [1.82, 2.24) is 5.32 Å². The lowest BCUT2D eigenvalue weighted by atomic mass is 10.0. The van der Waals surface area contributed by atoms with E-state index >= 15 is 0 Å². The molecule has 0 amide bonds. The number of nitrogens with one attached hydrogen (secondary N) is 1. The average molecular weight is 241 g/mol. The molecule has 0 aromatic heterocycles. The number of hydrogen-bond acceptors (Lipinski definition) is 2. The van der Waals surface area contributed by atoms with Gasteiger partial charge in [0.1, 0.15) is 0 Å². The summed E-state index contributed by atoms with van der Waals surface area (Å²) in [6.45, 7) is 5.38. The summed E-state index contributed by atoms with van der Waals surface area (Å²) in [4.78, 5) is 0. The van der Waals surface area contributed by atoms with Crippen molar-refractivity contribution in [3.63, 3.8) is 0 Å². The van der Waals surface area contributed by atoms with Crippen LogP contribution in [0.5, 0.6) is 0 Å². The summed E-state index contributed by atoms with van der Waals surface area (Å²) >= 11 is 0. The molecule has 0 bridgehead atoms. The Bertz CT molecular complexity index is 395. The number of ether oxygens (including phenoxy) is 1. The van der Waals surface area contributed by atoms with Crippen LogP contribution in [0.1, 0.15) is 25.5 Å². The van der Waals surface area contributed by atoms with Gasteiger partial charge in [-0.2, -0.15) is 0 Å². The molecule has 2 atom stereocenters. The lowest BCUT2D eigenvalue weighted by Gasteiger charge is -2.33. The molecule has 1 aliphatic rings. The van der Waals surface area contributed by atoms with E-state index in [-0.39, 0.29) is 6.10 Å². The monoisotopic (exact) mass is 241 g/mol. The van der Waals surface area contributed by atoms with Crippen LogP contribution < -0.4 is 5.32 Å². The highest BCUT2D eigenvalue weighted by molar-refractivity contribution is 5.22. The van der Waals surface area contributed by atoms with Crippen molar-refractivity contribution in [2.24, 2.45) is 5.92 Å². The highest BCUT2D eigenvalue weighted by Crippen LogP contribution is 2.27. The zero-order valence-corrected chi connectivity index (χ0v) is 10.0. The number of rotatable bonds is 2. The van der Waals surface area contributed by atoms with Crippen LogP contribution in [0.4, 0.5) is 8.78 Å². The molecule has 0 saturated carbocycles. The maximum Gasteiger partial charge on any atom is 0.164 e. The third kappa shape index (κ3) is 2.64. The summed E-state index contributed by atoms with van der Waals surface area (Å²) in [6.07, 6.45) is -0.372. The molecule has 1 fully saturated rings. The predicted octanol–water partition coefficient (Wildman–Crippen LogP) is 2.65. The zero-order chi connectivity index (χ0) is 12.4. The Morgan fingerprint density at radius 1 is 1.29 bits per heavy atom. The quantitative estimate of drug-likeness (QED) is 0.859. The summed E-state index contributed by atoms with van der Waals surface area (Å²) in [5.41, 5.74) is 0.294. The summed E-state index contributed by atoms with van der Waals surface area (Å²) in [7, 11) is 0. The molecular weight excluding hydrogens is 224 g/mol. The Labute approximate surface area is 100.0 Å². The SMILES string of the molecule is CC(C)C1CNCC(c2cccc(F)c2F)O1. The van der Waals surface area contributed by atoms with Gasteiger partial charge in [0, 0.05) is 18.7 Å². The van der Waals surface area contributed by atoms with Gasteiger partial charge in [-0.3, -0.25) is 0 Å². The molecule has 2 rings (SSSR count). The molecule has 1 N–H and O–H groups in total. The molecule has 0 spiro atoms. The highest BCUT2D eigenvalue weighted by Gasteiger charge is 2.27. The van der Waals surface area contributed by atoms with Gasteiger partial charge in [0.15, 0.2) is 11.6 Å². The summed E-state index contributed by atoms with van der Waals surface area (Å²) < 4.78 is 32.6. The molecule has 17 heavy (non-hydrogen) atoms. The Morgan fingerprint density at radius 2 is 2.06 bits per heavy atom. The normalized spacial score (nSPS) is 25.2. The van der Waals surface area contributed by atoms with Gasteiger partial charge in [0.05, 0.1) is 12.2 Å². The Kier molecular flexibility index (Phi) is 3.74. The molecule has 0 radical (unpaired) electrons. The van der Waals surface area contributed by atoms with Gasteiger partial charge in [0.2, 0.25) is 0 Å². The minimum Gasteiger partial charge on any atom is -0.367 e.